The molecule has 0 saturated heterocycles. The van der Waals surface area contributed by atoms with Crippen molar-refractivity contribution in [2.75, 3.05) is 12.0 Å². The van der Waals surface area contributed by atoms with Crippen LogP contribution in [0.1, 0.15) is 38.1 Å². The fourth-order valence-corrected chi connectivity index (χ4v) is 2.29. The molecule has 0 heterocycles. The molecule has 0 saturated carbocycles. The average molecular weight is 280 g/mol. The van der Waals surface area contributed by atoms with Crippen molar-refractivity contribution in [1.29, 1.82) is 0 Å². The minimum absolute atomic E-state index is 0.0877. The van der Waals surface area contributed by atoms with E-state index in [9.17, 15) is 14.9 Å². The lowest BCUT2D eigenvalue weighted by Gasteiger charge is -2.32. The fraction of sp³-hybridized carbons (Fsp3) is 0.500. The number of rotatable bonds is 5. The Morgan fingerprint density at radius 2 is 1.80 bits per heavy atom. The van der Waals surface area contributed by atoms with Crippen LogP contribution in [0, 0.1) is 10.1 Å². The van der Waals surface area contributed by atoms with Crippen LogP contribution in [-0.4, -0.2) is 30.1 Å². The number of anilines is 1. The van der Waals surface area contributed by atoms with Crippen molar-refractivity contribution in [3.8, 4) is 0 Å². The summed E-state index contributed by atoms with van der Waals surface area (Å²) in [4.78, 5) is 24.2. The Kier molecular flexibility index (Phi) is 5.07. The average Bonchev–Trinajstić information content (AvgIpc) is 2.37. The van der Waals surface area contributed by atoms with Crippen molar-refractivity contribution in [3.63, 3.8) is 0 Å². The molecule has 0 aliphatic carbocycles. The maximum absolute atomic E-state index is 11.5. The molecule has 0 amide bonds. The van der Waals surface area contributed by atoms with Gasteiger partial charge >= 0.3 is 5.97 Å². The number of benzene rings is 1. The van der Waals surface area contributed by atoms with Crippen LogP contribution in [0.5, 0.6) is 0 Å². The zero-order valence-corrected chi connectivity index (χ0v) is 12.4. The van der Waals surface area contributed by atoms with Gasteiger partial charge < -0.3 is 9.64 Å². The van der Waals surface area contributed by atoms with Gasteiger partial charge in [0.05, 0.1) is 17.6 Å². The van der Waals surface area contributed by atoms with Crippen molar-refractivity contribution in [2.24, 2.45) is 0 Å². The Morgan fingerprint density at radius 3 is 2.20 bits per heavy atom. The van der Waals surface area contributed by atoms with E-state index >= 15 is 0 Å². The van der Waals surface area contributed by atoms with Crippen LogP contribution in [0.4, 0.5) is 11.4 Å². The summed E-state index contributed by atoms with van der Waals surface area (Å²) in [5, 5.41) is 11.3. The molecule has 110 valence electrons. The van der Waals surface area contributed by atoms with Gasteiger partial charge in [-0.25, -0.2) is 4.79 Å². The molecule has 6 nitrogen and oxygen atoms in total. The van der Waals surface area contributed by atoms with Crippen LogP contribution in [0.3, 0.4) is 0 Å². The van der Waals surface area contributed by atoms with E-state index in [0.717, 1.165) is 0 Å². The third-order valence-electron chi connectivity index (χ3n) is 2.98. The third kappa shape index (κ3) is 3.26. The van der Waals surface area contributed by atoms with Gasteiger partial charge in [-0.15, -0.1) is 0 Å². The highest BCUT2D eigenvalue weighted by Crippen LogP contribution is 2.32. The van der Waals surface area contributed by atoms with Gasteiger partial charge in [0.1, 0.15) is 5.69 Å². The van der Waals surface area contributed by atoms with Gasteiger partial charge in [0.15, 0.2) is 0 Å². The molecule has 1 aromatic carbocycles. The second-order valence-corrected chi connectivity index (χ2v) is 5.05. The van der Waals surface area contributed by atoms with Crippen molar-refractivity contribution >= 4 is 17.3 Å². The maximum Gasteiger partial charge on any atom is 0.338 e. The van der Waals surface area contributed by atoms with Gasteiger partial charge in [-0.1, -0.05) is 0 Å². The first-order valence-electron chi connectivity index (χ1n) is 6.44. The molecule has 0 aliphatic rings. The second kappa shape index (κ2) is 6.36. The number of nitro benzene ring substituents is 1. The van der Waals surface area contributed by atoms with Crippen LogP contribution in [0.25, 0.3) is 0 Å². The van der Waals surface area contributed by atoms with Crippen LogP contribution in [0.15, 0.2) is 18.2 Å². The summed E-state index contributed by atoms with van der Waals surface area (Å²) in [7, 11) is 1.25. The van der Waals surface area contributed by atoms with Crippen LogP contribution < -0.4 is 4.90 Å². The fourth-order valence-electron chi connectivity index (χ4n) is 2.29. The third-order valence-corrected chi connectivity index (χ3v) is 2.98. The normalized spacial score (nSPS) is 10.8. The second-order valence-electron chi connectivity index (χ2n) is 5.05. The number of nitrogens with zero attached hydrogens (tertiary/aromatic N) is 2. The zero-order valence-electron chi connectivity index (χ0n) is 12.4. The SMILES string of the molecule is COC(=O)c1ccc(N(C(C)C)C(C)C)c([N+](=O)[O-])c1. The van der Waals surface area contributed by atoms with E-state index in [0.29, 0.717) is 5.69 Å². The zero-order chi connectivity index (χ0) is 15.4. The summed E-state index contributed by atoms with van der Waals surface area (Å²) < 4.78 is 4.59. The number of esters is 1. The summed E-state index contributed by atoms with van der Waals surface area (Å²) >= 11 is 0. The predicted octanol–water partition coefficient (Wildman–Crippen LogP) is 3.00. The summed E-state index contributed by atoms with van der Waals surface area (Å²) in [6.45, 7) is 7.88. The molecule has 1 rings (SSSR count). The van der Waals surface area contributed by atoms with Gasteiger partial charge in [-0.2, -0.15) is 0 Å². The molecule has 20 heavy (non-hydrogen) atoms. The van der Waals surface area contributed by atoms with Crippen molar-refractivity contribution in [1.82, 2.24) is 0 Å². The molecule has 0 bridgehead atoms. The number of hydrogen-bond donors (Lipinski definition) is 0. The molecule has 0 aliphatic heterocycles. The molecular formula is C14H20N2O4. The first-order valence-corrected chi connectivity index (χ1v) is 6.44. The summed E-state index contributed by atoms with van der Waals surface area (Å²) in [5.74, 6) is -0.583. The highest BCUT2D eigenvalue weighted by molar-refractivity contribution is 5.91. The van der Waals surface area contributed by atoms with Gasteiger partial charge in [0.2, 0.25) is 0 Å². The van der Waals surface area contributed by atoms with Crippen molar-refractivity contribution < 1.29 is 14.5 Å². The van der Waals surface area contributed by atoms with E-state index < -0.39 is 10.9 Å². The van der Waals surface area contributed by atoms with Gasteiger partial charge in [0.25, 0.3) is 5.69 Å². The maximum atomic E-state index is 11.5. The Bertz CT molecular complexity index is 504. The van der Waals surface area contributed by atoms with Gasteiger partial charge in [0, 0.05) is 18.2 Å². The van der Waals surface area contributed by atoms with Crippen LogP contribution in [-0.2, 0) is 4.74 Å². The standard InChI is InChI=1S/C14H20N2O4/c1-9(2)15(10(3)4)12-7-6-11(14(17)20-5)8-13(12)16(18)19/h6-10H,1-5H3. The molecule has 6 heteroatoms. The molecule has 0 spiro atoms. The lowest BCUT2D eigenvalue weighted by molar-refractivity contribution is -0.384. The highest BCUT2D eigenvalue weighted by Gasteiger charge is 2.25. The van der Waals surface area contributed by atoms with E-state index in [1.165, 1.54) is 13.2 Å². The molecule has 1 aromatic rings. The largest absolute Gasteiger partial charge is 0.465 e. The molecule has 0 fully saturated rings. The number of ether oxygens (including phenoxy) is 1. The van der Waals surface area contributed by atoms with Crippen molar-refractivity contribution in [3.05, 3.63) is 33.9 Å². The molecule has 0 unspecified atom stereocenters. The quantitative estimate of drug-likeness (QED) is 0.471. The Morgan fingerprint density at radius 1 is 1.25 bits per heavy atom. The van der Waals surface area contributed by atoms with Gasteiger partial charge in [-0.3, -0.25) is 10.1 Å². The molecular weight excluding hydrogens is 260 g/mol. The topological polar surface area (TPSA) is 72.7 Å². The van der Waals surface area contributed by atoms with Crippen molar-refractivity contribution in [2.45, 2.75) is 39.8 Å². The van der Waals surface area contributed by atoms with E-state index in [-0.39, 0.29) is 23.3 Å². The molecule has 0 N–H and O–H groups in total. The molecule has 0 aromatic heterocycles. The number of methoxy groups -OCH3 is 1. The number of hydrogen-bond acceptors (Lipinski definition) is 5. The number of nitro groups is 1. The molecule has 0 atom stereocenters. The molecule has 0 radical (unpaired) electrons. The van der Waals surface area contributed by atoms with Crippen LogP contribution >= 0.6 is 0 Å². The number of carbonyl (C=O) groups is 1. The smallest absolute Gasteiger partial charge is 0.338 e. The summed E-state index contributed by atoms with van der Waals surface area (Å²) in [6, 6.07) is 4.63. The highest BCUT2D eigenvalue weighted by atomic mass is 16.6. The Balaban J connectivity index is 3.39. The van der Waals surface area contributed by atoms with E-state index in [4.69, 9.17) is 0 Å². The Labute approximate surface area is 118 Å². The number of carbonyl (C=O) groups excluding carboxylic acids is 1. The first-order chi connectivity index (χ1) is 9.29. The van der Waals surface area contributed by atoms with E-state index in [2.05, 4.69) is 4.74 Å². The monoisotopic (exact) mass is 280 g/mol. The van der Waals surface area contributed by atoms with Crippen LogP contribution in [0.2, 0.25) is 0 Å². The van der Waals surface area contributed by atoms with Gasteiger partial charge in [-0.05, 0) is 39.8 Å². The van der Waals surface area contributed by atoms with E-state index in [1.54, 1.807) is 12.1 Å². The first kappa shape index (κ1) is 15.9. The predicted molar refractivity (Wildman–Crippen MR) is 77.2 cm³/mol. The minimum Gasteiger partial charge on any atom is -0.465 e. The summed E-state index contributed by atoms with van der Waals surface area (Å²) in [5.41, 5.74) is 0.596. The summed E-state index contributed by atoms with van der Waals surface area (Å²) in [6.07, 6.45) is 0. The Hall–Kier alpha value is -2.11. The minimum atomic E-state index is -0.583. The van der Waals surface area contributed by atoms with E-state index in [1.807, 2.05) is 32.6 Å². The lowest BCUT2D eigenvalue weighted by Crippen LogP contribution is -2.37. The lowest BCUT2D eigenvalue weighted by atomic mass is 10.1.